The third kappa shape index (κ3) is 32.8. The number of aliphatic hydroxyl groups is 1. The van der Waals surface area contributed by atoms with E-state index in [-0.39, 0.29) is 31.5 Å². The maximum Gasteiger partial charge on any atom is 0.303 e. The molecule has 7 aliphatic rings. The molecule has 17 rings (SSSR count). The Kier molecular flexibility index (Phi) is 40.9. The van der Waals surface area contributed by atoms with Crippen LogP contribution in [-0.2, 0) is 154 Å². The molecule has 0 radical (unpaired) electrons. The van der Waals surface area contributed by atoms with Gasteiger partial charge in [0, 0.05) is 25.7 Å². The van der Waals surface area contributed by atoms with Crippen molar-refractivity contribution < 1.29 is 100.0 Å². The van der Waals surface area contributed by atoms with Crippen LogP contribution in [0.2, 0.25) is 0 Å². The van der Waals surface area contributed by atoms with Crippen molar-refractivity contribution in [3.8, 4) is 0 Å². The predicted octanol–water partition coefficient (Wildman–Crippen LogP) is 21.1. The standard InChI is InChI=1S/2C35H42O7.C35H36O6S.C6H12O/c1-35(40-29-20-12-5-13-21-29)41-33-32(38-24-28-18-10-4-11-19-28)31(37-23-27-16-8-3-9-17-27)30(39-34(33)42-35)25-36-22-26-14-6-2-7-15-26;1-26(36)40-34-33(39-24-29-18-10-4-11-19-29)32(38-23-28-16-8-3-9-17-28)31(25-37-22-27-14-6-2-7-15-27)42-35(34)41-30-20-12-5-13-21-30;1-26(36)40-34-33(39-24-29-18-10-4-11-19-29)32(38-23-28-16-8-3-9-17-28)31(25-37-22-27-14-6-2-7-15-27)41-35(34)42-30-20-12-5-13-21-30;7-6-4-2-1-3-5-6/h2-4,6-11,14-19,29-34H,5,12-13,20-25H2,1H3;2-4,6-11,14-19,30-35H,5,12-13,20-25H2,1H3;2-21,31-35H,22-25H2,1H3;6-7H,1-5H2. The molecule has 708 valence electrons. The third-order valence-electron chi connectivity index (χ3n) is 24.3. The summed E-state index contributed by atoms with van der Waals surface area (Å²) in [4.78, 5) is 25.8. The van der Waals surface area contributed by atoms with Crippen LogP contribution >= 0.6 is 11.8 Å². The number of hydrogen-bond donors (Lipinski definition) is 1. The summed E-state index contributed by atoms with van der Waals surface area (Å²) in [5.74, 6) is -2.05. The van der Waals surface area contributed by atoms with Crippen LogP contribution in [0.15, 0.2) is 308 Å². The number of esters is 2. The Hall–Kier alpha value is -9.19. The summed E-state index contributed by atoms with van der Waals surface area (Å²) in [6, 6.07) is 100. The Labute approximate surface area is 789 Å². The largest absolute Gasteiger partial charge is 0.456 e. The van der Waals surface area contributed by atoms with E-state index in [0.29, 0.717) is 66.1 Å². The number of benzene rings is 10. The van der Waals surface area contributed by atoms with Gasteiger partial charge in [0.2, 0.25) is 0 Å². The molecule has 133 heavy (non-hydrogen) atoms. The molecule has 10 aromatic rings. The predicted molar refractivity (Wildman–Crippen MR) is 507 cm³/mol. The molecular weight excluding hydrogens is 1700 g/mol. The number of hydrogen-bond acceptors (Lipinski definition) is 22. The maximum atomic E-state index is 12.4. The fourth-order valence-corrected chi connectivity index (χ4v) is 18.7. The van der Waals surface area contributed by atoms with Crippen molar-refractivity contribution in [2.24, 2.45) is 0 Å². The van der Waals surface area contributed by atoms with Crippen LogP contribution < -0.4 is 0 Å². The van der Waals surface area contributed by atoms with Gasteiger partial charge in [-0.2, -0.15) is 0 Å². The summed E-state index contributed by atoms with van der Waals surface area (Å²) < 4.78 is 116. The van der Waals surface area contributed by atoms with Crippen LogP contribution in [0, 0.1) is 0 Å². The van der Waals surface area contributed by atoms with Crippen LogP contribution in [0.3, 0.4) is 0 Å². The van der Waals surface area contributed by atoms with Crippen molar-refractivity contribution in [3.05, 3.63) is 353 Å². The van der Waals surface area contributed by atoms with Crippen molar-refractivity contribution >= 4 is 23.7 Å². The normalized spacial score (nSPS) is 25.5. The first kappa shape index (κ1) is 99.8. The molecule has 3 saturated carbocycles. The quantitative estimate of drug-likeness (QED) is 0.0355. The van der Waals surface area contributed by atoms with Crippen LogP contribution in [0.5, 0.6) is 0 Å². The van der Waals surface area contributed by atoms with E-state index in [1.807, 2.05) is 274 Å². The van der Waals surface area contributed by atoms with E-state index < -0.39 is 109 Å². The van der Waals surface area contributed by atoms with Crippen LogP contribution in [-0.4, -0.2) is 152 Å². The molecule has 7 fully saturated rings. The molecule has 4 saturated heterocycles. The second-order valence-corrected chi connectivity index (χ2v) is 36.1. The lowest BCUT2D eigenvalue weighted by Gasteiger charge is -2.46. The molecule has 0 spiro atoms. The van der Waals surface area contributed by atoms with Crippen LogP contribution in [0.4, 0.5) is 0 Å². The van der Waals surface area contributed by atoms with Crippen LogP contribution in [0.1, 0.15) is 167 Å². The number of ether oxygens (including phenoxy) is 18. The molecule has 0 bridgehead atoms. The minimum absolute atomic E-state index is 0.0317. The van der Waals surface area contributed by atoms with E-state index in [4.69, 9.17) is 90.4 Å². The highest BCUT2D eigenvalue weighted by atomic mass is 32.2. The minimum Gasteiger partial charge on any atom is -0.456 e. The summed E-state index contributed by atoms with van der Waals surface area (Å²) in [7, 11) is 0. The fraction of sp³-hybridized carbons (Fsp3) is 0.441. The Morgan fingerprint density at radius 3 is 0.970 bits per heavy atom. The molecular formula is C111H132O21S. The second-order valence-electron chi connectivity index (χ2n) is 34.9. The molecule has 4 aliphatic heterocycles. The van der Waals surface area contributed by atoms with Crippen molar-refractivity contribution in [1.29, 1.82) is 0 Å². The number of carbonyl (C=O) groups excluding carboxylic acids is 2. The molecule has 10 aromatic carbocycles. The molecule has 0 amide bonds. The summed E-state index contributed by atoms with van der Waals surface area (Å²) in [5.41, 5.74) is 8.89. The van der Waals surface area contributed by atoms with Crippen LogP contribution in [0.25, 0.3) is 0 Å². The highest BCUT2D eigenvalue weighted by molar-refractivity contribution is 7.99. The van der Waals surface area contributed by atoms with E-state index in [1.54, 1.807) is 0 Å². The van der Waals surface area contributed by atoms with Crippen molar-refractivity contribution in [2.75, 3.05) is 19.8 Å². The van der Waals surface area contributed by atoms with Crippen molar-refractivity contribution in [2.45, 2.75) is 297 Å². The Bertz CT molecular complexity index is 4820. The van der Waals surface area contributed by atoms with Crippen molar-refractivity contribution in [3.63, 3.8) is 0 Å². The van der Waals surface area contributed by atoms with E-state index in [9.17, 15) is 9.59 Å². The van der Waals surface area contributed by atoms with E-state index in [0.717, 1.165) is 119 Å². The van der Waals surface area contributed by atoms with Gasteiger partial charge in [-0.15, -0.1) is 0 Å². The monoisotopic (exact) mass is 1830 g/mol. The number of carbonyl (C=O) groups is 2. The first-order valence-corrected chi connectivity index (χ1v) is 48.4. The fourth-order valence-electron chi connectivity index (χ4n) is 17.6. The molecule has 16 unspecified atom stereocenters. The molecule has 21 nitrogen and oxygen atoms in total. The summed E-state index contributed by atoms with van der Waals surface area (Å²) in [6.45, 7) is 8.99. The van der Waals surface area contributed by atoms with Gasteiger partial charge in [0.25, 0.3) is 5.97 Å². The van der Waals surface area contributed by atoms with E-state index in [1.165, 1.54) is 57.7 Å². The molecule has 0 aromatic heterocycles. The van der Waals surface area contributed by atoms with Gasteiger partial charge < -0.3 is 85.6 Å². The lowest BCUT2D eigenvalue weighted by atomic mass is 9.96. The van der Waals surface area contributed by atoms with E-state index >= 15 is 0 Å². The molecule has 16 atom stereocenters. The summed E-state index contributed by atoms with van der Waals surface area (Å²) >= 11 is 1.50. The topological polar surface area (TPSA) is 221 Å². The Morgan fingerprint density at radius 1 is 0.323 bits per heavy atom. The van der Waals surface area contributed by atoms with E-state index in [2.05, 4.69) is 36.4 Å². The summed E-state index contributed by atoms with van der Waals surface area (Å²) in [5, 5.41) is 8.91. The second kappa shape index (κ2) is 54.5. The number of rotatable bonds is 38. The number of aliphatic hydroxyl groups excluding tert-OH is 1. The van der Waals surface area contributed by atoms with Gasteiger partial charge in [0.1, 0.15) is 66.5 Å². The number of fused-ring (bicyclic) bond motifs is 1. The Morgan fingerprint density at radius 2 is 0.617 bits per heavy atom. The van der Waals surface area contributed by atoms with Crippen molar-refractivity contribution in [1.82, 2.24) is 0 Å². The van der Waals surface area contributed by atoms with Gasteiger partial charge in [0.15, 0.2) is 24.8 Å². The maximum absolute atomic E-state index is 12.4. The first-order valence-electron chi connectivity index (χ1n) is 47.5. The highest BCUT2D eigenvalue weighted by Crippen LogP contribution is 2.44. The SMILES string of the molecule is CC(=O)OC1C(OC2CCCCC2)OC(COCc2ccccc2)C(OCc2ccccc2)C1OCc1ccccc1.CC(=O)OC1C(Sc2ccccc2)OC(COCc2ccccc2)C(OCc2ccccc2)C1OCc1ccccc1.CC1(OC2CCCCC2)OC2OC(COCc3ccccc3)C(OCc3ccccc3)C(OCc3ccccc3)C2O1.OC1CCCCC1. The van der Waals surface area contributed by atoms with Gasteiger partial charge in [-0.3, -0.25) is 14.3 Å². The zero-order valence-electron chi connectivity index (χ0n) is 76.9. The van der Waals surface area contributed by atoms with Gasteiger partial charge >= 0.3 is 11.9 Å². The molecule has 22 heteroatoms. The van der Waals surface area contributed by atoms with Gasteiger partial charge in [-0.1, -0.05) is 361 Å². The first-order chi connectivity index (χ1) is 65.4. The lowest BCUT2D eigenvalue weighted by Crippen LogP contribution is -2.62. The summed E-state index contributed by atoms with van der Waals surface area (Å²) in [6.07, 6.45) is 8.60. The number of thioether (sulfide) groups is 1. The zero-order chi connectivity index (χ0) is 91.7. The lowest BCUT2D eigenvalue weighted by molar-refractivity contribution is -0.361. The smallest absolute Gasteiger partial charge is 0.303 e. The Balaban J connectivity index is 0.000000154. The average Bonchev–Trinajstić information content (AvgIpc) is 1.67. The third-order valence-corrected chi connectivity index (χ3v) is 25.5. The molecule has 3 aliphatic carbocycles. The molecule has 1 N–H and O–H groups in total. The van der Waals surface area contributed by atoms with Gasteiger partial charge in [-0.05, 0) is 101 Å². The zero-order valence-corrected chi connectivity index (χ0v) is 77.7. The average molecular weight is 1830 g/mol. The highest BCUT2D eigenvalue weighted by Gasteiger charge is 2.59. The minimum atomic E-state index is -1.23. The molecule has 4 heterocycles. The van der Waals surface area contributed by atoms with Gasteiger partial charge in [-0.25, -0.2) is 0 Å². The van der Waals surface area contributed by atoms with Gasteiger partial charge in [0.05, 0.1) is 97.6 Å².